The molecule has 0 bridgehead atoms. The van der Waals surface area contributed by atoms with Crippen molar-refractivity contribution in [1.82, 2.24) is 0 Å². The summed E-state index contributed by atoms with van der Waals surface area (Å²) in [4.78, 5) is 10.4. The molecule has 0 radical (unpaired) electrons. The molecule has 3 rings (SSSR count). The molecule has 1 spiro atoms. The van der Waals surface area contributed by atoms with Crippen LogP contribution in [-0.4, -0.2) is 10.6 Å². The quantitative estimate of drug-likeness (QED) is 0.597. The van der Waals surface area contributed by atoms with Crippen LogP contribution in [0.15, 0.2) is 12.1 Å². The number of hydrogen-bond donors (Lipinski definition) is 2. The number of nitro groups is 1. The van der Waals surface area contributed by atoms with Gasteiger partial charge in [-0.05, 0) is 31.7 Å². The second-order valence-electron chi connectivity index (χ2n) is 5.14. The summed E-state index contributed by atoms with van der Waals surface area (Å²) in [6, 6.07) is 5.04. The molecule has 98 valence electrons. The molecule has 1 fully saturated rings. The Bertz CT molecular complexity index is 585. The molecule has 1 aromatic carbocycles. The van der Waals surface area contributed by atoms with Gasteiger partial charge in [-0.25, -0.2) is 0 Å². The van der Waals surface area contributed by atoms with E-state index in [1.807, 2.05) is 6.07 Å². The molecule has 6 nitrogen and oxygen atoms in total. The van der Waals surface area contributed by atoms with Crippen LogP contribution >= 0.6 is 0 Å². The summed E-state index contributed by atoms with van der Waals surface area (Å²) >= 11 is 0. The van der Waals surface area contributed by atoms with Gasteiger partial charge in [0, 0.05) is 6.07 Å². The maximum atomic E-state index is 11.0. The number of nitriles is 1. The van der Waals surface area contributed by atoms with E-state index in [0.29, 0.717) is 5.69 Å². The first-order valence-corrected chi connectivity index (χ1v) is 6.43. The van der Waals surface area contributed by atoms with E-state index in [9.17, 15) is 15.4 Å². The van der Waals surface area contributed by atoms with Crippen molar-refractivity contribution in [3.05, 3.63) is 27.8 Å². The van der Waals surface area contributed by atoms with E-state index in [2.05, 4.69) is 10.6 Å². The number of hydrogen-bond acceptors (Lipinski definition) is 5. The van der Waals surface area contributed by atoms with Gasteiger partial charge in [-0.2, -0.15) is 5.26 Å². The third kappa shape index (κ3) is 1.78. The SMILES string of the molecule is N#Cc1c([N+](=O)[O-])ccc2c1NC1(CCCCC1)N2. The molecule has 0 unspecified atom stereocenters. The average molecular weight is 258 g/mol. The Morgan fingerprint density at radius 1 is 1.26 bits per heavy atom. The van der Waals surface area contributed by atoms with E-state index in [1.165, 1.54) is 12.5 Å². The summed E-state index contributed by atoms with van der Waals surface area (Å²) in [6.45, 7) is 0. The number of benzene rings is 1. The van der Waals surface area contributed by atoms with Crippen molar-refractivity contribution in [2.45, 2.75) is 37.8 Å². The van der Waals surface area contributed by atoms with Crippen LogP contribution in [-0.2, 0) is 0 Å². The zero-order valence-electron chi connectivity index (χ0n) is 10.4. The highest BCUT2D eigenvalue weighted by Crippen LogP contribution is 2.45. The minimum Gasteiger partial charge on any atom is -0.361 e. The molecule has 0 saturated heterocycles. The molecule has 1 aliphatic carbocycles. The van der Waals surface area contributed by atoms with Crippen molar-refractivity contribution in [2.24, 2.45) is 0 Å². The second-order valence-corrected chi connectivity index (χ2v) is 5.14. The minimum atomic E-state index is -0.508. The van der Waals surface area contributed by atoms with Gasteiger partial charge in [0.05, 0.1) is 16.3 Å². The summed E-state index contributed by atoms with van der Waals surface area (Å²) in [5.74, 6) is 0. The van der Waals surface area contributed by atoms with Crippen LogP contribution in [0.3, 0.4) is 0 Å². The Morgan fingerprint density at radius 2 is 2.00 bits per heavy atom. The van der Waals surface area contributed by atoms with Gasteiger partial charge in [0.15, 0.2) is 5.56 Å². The number of rotatable bonds is 1. The van der Waals surface area contributed by atoms with Gasteiger partial charge in [0.25, 0.3) is 5.69 Å². The van der Waals surface area contributed by atoms with E-state index in [4.69, 9.17) is 0 Å². The van der Waals surface area contributed by atoms with Crippen molar-refractivity contribution in [1.29, 1.82) is 5.26 Å². The van der Waals surface area contributed by atoms with Crippen molar-refractivity contribution in [2.75, 3.05) is 10.6 Å². The van der Waals surface area contributed by atoms with Gasteiger partial charge in [-0.15, -0.1) is 0 Å². The molecule has 2 N–H and O–H groups in total. The highest BCUT2D eigenvalue weighted by atomic mass is 16.6. The van der Waals surface area contributed by atoms with E-state index in [1.54, 1.807) is 6.07 Å². The fourth-order valence-electron chi connectivity index (χ4n) is 3.02. The van der Waals surface area contributed by atoms with Crippen LogP contribution in [0.4, 0.5) is 17.1 Å². The lowest BCUT2D eigenvalue weighted by Gasteiger charge is -2.34. The normalized spacial score (nSPS) is 19.1. The predicted molar refractivity (Wildman–Crippen MR) is 70.9 cm³/mol. The summed E-state index contributed by atoms with van der Waals surface area (Å²) < 4.78 is 0. The molecule has 0 atom stereocenters. The lowest BCUT2D eigenvalue weighted by Crippen LogP contribution is -2.43. The van der Waals surface area contributed by atoms with Crippen LogP contribution in [0.2, 0.25) is 0 Å². The van der Waals surface area contributed by atoms with E-state index in [0.717, 1.165) is 31.4 Å². The van der Waals surface area contributed by atoms with Gasteiger partial charge in [0.2, 0.25) is 0 Å². The summed E-state index contributed by atoms with van der Waals surface area (Å²) in [5, 5.41) is 26.9. The zero-order valence-corrected chi connectivity index (χ0v) is 10.4. The number of nitrogens with one attached hydrogen (secondary N) is 2. The Balaban J connectivity index is 2.04. The average Bonchev–Trinajstić information content (AvgIpc) is 2.75. The lowest BCUT2D eigenvalue weighted by molar-refractivity contribution is -0.385. The minimum absolute atomic E-state index is 0.123. The molecule has 0 amide bonds. The van der Waals surface area contributed by atoms with Crippen LogP contribution < -0.4 is 10.6 Å². The standard InChI is InChI=1S/C13H14N4O2/c14-8-9-11(17(18)19)5-4-10-12(9)16-13(15-10)6-2-1-3-7-13/h4-5,15-16H,1-3,6-7H2. The Labute approximate surface area is 110 Å². The fraction of sp³-hybridized carbons (Fsp3) is 0.462. The fourth-order valence-corrected chi connectivity index (χ4v) is 3.02. The number of fused-ring (bicyclic) bond motifs is 1. The molecular weight excluding hydrogens is 244 g/mol. The molecular formula is C13H14N4O2. The number of nitrogens with zero attached hydrogens (tertiary/aromatic N) is 2. The molecule has 2 aliphatic rings. The first-order chi connectivity index (χ1) is 9.15. The van der Waals surface area contributed by atoms with Crippen molar-refractivity contribution in [3.63, 3.8) is 0 Å². The van der Waals surface area contributed by atoms with Crippen LogP contribution in [0.25, 0.3) is 0 Å². The van der Waals surface area contributed by atoms with Gasteiger partial charge in [-0.1, -0.05) is 6.42 Å². The van der Waals surface area contributed by atoms with Crippen molar-refractivity contribution in [3.8, 4) is 6.07 Å². The third-order valence-electron chi connectivity index (χ3n) is 3.94. The van der Waals surface area contributed by atoms with E-state index >= 15 is 0 Å². The third-order valence-corrected chi connectivity index (χ3v) is 3.94. The molecule has 19 heavy (non-hydrogen) atoms. The monoisotopic (exact) mass is 258 g/mol. The smallest absolute Gasteiger partial charge is 0.289 e. The Kier molecular flexibility index (Phi) is 2.56. The summed E-state index contributed by atoms with van der Waals surface area (Å²) in [7, 11) is 0. The van der Waals surface area contributed by atoms with Crippen molar-refractivity contribution >= 4 is 17.1 Å². The number of anilines is 2. The summed E-state index contributed by atoms with van der Waals surface area (Å²) in [6.07, 6.45) is 5.41. The van der Waals surface area contributed by atoms with Gasteiger partial charge >= 0.3 is 0 Å². The van der Waals surface area contributed by atoms with Gasteiger partial charge in [-0.3, -0.25) is 10.1 Å². The van der Waals surface area contributed by atoms with Gasteiger partial charge in [0.1, 0.15) is 11.7 Å². The lowest BCUT2D eigenvalue weighted by atomic mass is 9.89. The molecule has 1 saturated carbocycles. The van der Waals surface area contributed by atoms with E-state index in [-0.39, 0.29) is 16.9 Å². The van der Waals surface area contributed by atoms with E-state index < -0.39 is 4.92 Å². The first-order valence-electron chi connectivity index (χ1n) is 6.43. The topological polar surface area (TPSA) is 91.0 Å². The molecule has 6 heteroatoms. The highest BCUT2D eigenvalue weighted by Gasteiger charge is 2.39. The largest absolute Gasteiger partial charge is 0.361 e. The highest BCUT2D eigenvalue weighted by molar-refractivity contribution is 5.85. The maximum Gasteiger partial charge on any atom is 0.289 e. The Morgan fingerprint density at radius 3 is 2.63 bits per heavy atom. The zero-order chi connectivity index (χ0) is 13.5. The van der Waals surface area contributed by atoms with Gasteiger partial charge < -0.3 is 10.6 Å². The van der Waals surface area contributed by atoms with Crippen LogP contribution in [0.5, 0.6) is 0 Å². The predicted octanol–water partition coefficient (Wildman–Crippen LogP) is 2.96. The van der Waals surface area contributed by atoms with Crippen LogP contribution in [0, 0.1) is 21.4 Å². The molecule has 0 aromatic heterocycles. The number of nitro benzene ring substituents is 1. The molecule has 1 aromatic rings. The maximum absolute atomic E-state index is 11.0. The van der Waals surface area contributed by atoms with Crippen molar-refractivity contribution < 1.29 is 4.92 Å². The summed E-state index contributed by atoms with van der Waals surface area (Å²) in [5.41, 5.74) is 1.14. The molecule has 1 aliphatic heterocycles. The molecule has 1 heterocycles. The first kappa shape index (κ1) is 11.8. The second kappa shape index (κ2) is 4.12. The Hall–Kier alpha value is -2.29. The van der Waals surface area contributed by atoms with Crippen LogP contribution in [0.1, 0.15) is 37.7 Å².